The highest BCUT2D eigenvalue weighted by Gasteiger charge is 2.20. The van der Waals surface area contributed by atoms with E-state index in [1.807, 2.05) is 0 Å². The van der Waals surface area contributed by atoms with Crippen LogP contribution in [0.25, 0.3) is 0 Å². The molecule has 0 aliphatic heterocycles. The van der Waals surface area contributed by atoms with E-state index in [2.05, 4.69) is 20.9 Å². The van der Waals surface area contributed by atoms with Crippen LogP contribution in [0, 0.1) is 0 Å². The minimum Gasteiger partial charge on any atom is -0.466 e. The largest absolute Gasteiger partial charge is 0.466 e. The van der Waals surface area contributed by atoms with E-state index in [0.717, 1.165) is 6.20 Å². The van der Waals surface area contributed by atoms with Crippen LogP contribution in [0.2, 0.25) is 0 Å². The Morgan fingerprint density at radius 1 is 1.65 bits per heavy atom. The van der Waals surface area contributed by atoms with Gasteiger partial charge in [0.15, 0.2) is 0 Å². The number of anilines is 1. The first-order chi connectivity index (χ1) is 7.97. The third-order valence-electron chi connectivity index (χ3n) is 2.04. The second kappa shape index (κ2) is 5.90. The summed E-state index contributed by atoms with van der Waals surface area (Å²) in [5.41, 5.74) is 5.28. The van der Waals surface area contributed by atoms with Gasteiger partial charge in [-0.05, 0) is 28.4 Å². The Morgan fingerprint density at radius 2 is 2.29 bits per heavy atom. The monoisotopic (exact) mass is 308 g/mol. The summed E-state index contributed by atoms with van der Waals surface area (Å²) in [5.74, 6) is -0.519. The summed E-state index contributed by atoms with van der Waals surface area (Å²) in [6, 6.07) is 0. The zero-order valence-electron chi connectivity index (χ0n) is 9.04. The first kappa shape index (κ1) is 13.8. The van der Waals surface area contributed by atoms with Crippen molar-refractivity contribution in [2.24, 2.45) is 0 Å². The lowest BCUT2D eigenvalue weighted by Gasteiger charge is -2.11. The molecule has 1 heterocycles. The Bertz CT molecular complexity index is 427. The molecule has 94 valence electrons. The highest BCUT2D eigenvalue weighted by atomic mass is 79.9. The van der Waals surface area contributed by atoms with Gasteiger partial charge in [0, 0.05) is 11.8 Å². The molecule has 0 saturated heterocycles. The Labute approximate surface area is 105 Å². The van der Waals surface area contributed by atoms with Gasteiger partial charge in [0.2, 0.25) is 0 Å². The quantitative estimate of drug-likeness (QED) is 0.868. The zero-order chi connectivity index (χ0) is 13.0. The van der Waals surface area contributed by atoms with Crippen molar-refractivity contribution in [3.63, 3.8) is 0 Å². The van der Waals surface area contributed by atoms with E-state index in [-0.39, 0.29) is 34.4 Å². The Balaban J connectivity index is 3.10. The Hall–Kier alpha value is -1.24. The van der Waals surface area contributed by atoms with Crippen molar-refractivity contribution < 1.29 is 18.3 Å². The average molecular weight is 309 g/mol. The molecule has 0 fully saturated rings. The van der Waals surface area contributed by atoms with Crippen LogP contribution >= 0.6 is 15.9 Å². The van der Waals surface area contributed by atoms with Crippen molar-refractivity contribution in [2.45, 2.75) is 19.8 Å². The summed E-state index contributed by atoms with van der Waals surface area (Å²) in [4.78, 5) is 14.9. The maximum atomic E-state index is 12.7. The summed E-state index contributed by atoms with van der Waals surface area (Å²) in [5, 5.41) is 0. The molecule has 0 aromatic carbocycles. The number of pyridine rings is 1. The number of nitrogen functional groups attached to an aromatic ring is 1. The molecule has 0 aliphatic rings. The van der Waals surface area contributed by atoms with E-state index < -0.39 is 12.4 Å². The number of nitrogens with zero attached hydrogens (tertiary/aromatic N) is 1. The van der Waals surface area contributed by atoms with Crippen LogP contribution in [0.3, 0.4) is 0 Å². The maximum absolute atomic E-state index is 12.7. The van der Waals surface area contributed by atoms with Gasteiger partial charge in [0.1, 0.15) is 5.82 Å². The fourth-order valence-electron chi connectivity index (χ4n) is 1.28. The number of alkyl halides is 2. The van der Waals surface area contributed by atoms with E-state index >= 15 is 0 Å². The molecule has 0 spiro atoms. The predicted octanol–water partition coefficient (Wildman–Crippen LogP) is 2.47. The SMILES string of the molecule is CCOC(=O)Cc1c(C(F)F)cnc(N)c1Br. The molecule has 0 amide bonds. The number of esters is 1. The Kier molecular flexibility index (Phi) is 4.80. The topological polar surface area (TPSA) is 65.2 Å². The van der Waals surface area contributed by atoms with E-state index in [4.69, 9.17) is 10.5 Å². The second-order valence-corrected chi connectivity index (χ2v) is 3.97. The lowest BCUT2D eigenvalue weighted by Crippen LogP contribution is -2.11. The lowest BCUT2D eigenvalue weighted by molar-refractivity contribution is -0.142. The van der Waals surface area contributed by atoms with Gasteiger partial charge in [-0.3, -0.25) is 4.79 Å². The van der Waals surface area contributed by atoms with Crippen LogP contribution in [0.4, 0.5) is 14.6 Å². The third-order valence-corrected chi connectivity index (χ3v) is 2.93. The fraction of sp³-hybridized carbons (Fsp3) is 0.400. The summed E-state index contributed by atoms with van der Waals surface area (Å²) in [6.45, 7) is 1.84. The molecule has 17 heavy (non-hydrogen) atoms. The molecule has 0 atom stereocenters. The second-order valence-electron chi connectivity index (χ2n) is 3.17. The number of carbonyl (C=O) groups excluding carboxylic acids is 1. The highest BCUT2D eigenvalue weighted by molar-refractivity contribution is 9.10. The molecule has 0 radical (unpaired) electrons. The molecular weight excluding hydrogens is 298 g/mol. The van der Waals surface area contributed by atoms with Gasteiger partial charge in [0.25, 0.3) is 6.43 Å². The Morgan fingerprint density at radius 3 is 2.82 bits per heavy atom. The van der Waals surface area contributed by atoms with Gasteiger partial charge >= 0.3 is 5.97 Å². The molecule has 1 rings (SSSR count). The molecular formula is C10H11BrF2N2O2. The van der Waals surface area contributed by atoms with Gasteiger partial charge in [0.05, 0.1) is 17.5 Å². The van der Waals surface area contributed by atoms with E-state index in [9.17, 15) is 13.6 Å². The molecule has 0 saturated carbocycles. The van der Waals surface area contributed by atoms with Gasteiger partial charge in [-0.2, -0.15) is 0 Å². The van der Waals surface area contributed by atoms with Crippen LogP contribution in [0.5, 0.6) is 0 Å². The van der Waals surface area contributed by atoms with Gasteiger partial charge in [-0.25, -0.2) is 13.8 Å². The van der Waals surface area contributed by atoms with Gasteiger partial charge < -0.3 is 10.5 Å². The van der Waals surface area contributed by atoms with E-state index in [1.165, 1.54) is 0 Å². The zero-order valence-corrected chi connectivity index (χ0v) is 10.6. The van der Waals surface area contributed by atoms with Crippen molar-refractivity contribution in [1.82, 2.24) is 4.98 Å². The lowest BCUT2D eigenvalue weighted by atomic mass is 10.1. The number of hydrogen-bond acceptors (Lipinski definition) is 4. The molecule has 0 unspecified atom stereocenters. The number of ether oxygens (including phenoxy) is 1. The van der Waals surface area contributed by atoms with Gasteiger partial charge in [-0.1, -0.05) is 0 Å². The molecule has 7 heteroatoms. The number of rotatable bonds is 4. The van der Waals surface area contributed by atoms with Crippen LogP contribution < -0.4 is 5.73 Å². The van der Waals surface area contributed by atoms with Crippen LogP contribution in [-0.4, -0.2) is 17.6 Å². The minimum atomic E-state index is -2.72. The normalized spacial score (nSPS) is 10.6. The molecule has 4 nitrogen and oxygen atoms in total. The minimum absolute atomic E-state index is 0.0636. The van der Waals surface area contributed by atoms with E-state index in [0.29, 0.717) is 0 Å². The summed E-state index contributed by atoms with van der Waals surface area (Å²) < 4.78 is 30.4. The number of carbonyl (C=O) groups is 1. The average Bonchev–Trinajstić information content (AvgIpc) is 2.25. The summed E-state index contributed by atoms with van der Waals surface area (Å²) in [6.07, 6.45) is -2.01. The van der Waals surface area contributed by atoms with Gasteiger partial charge in [-0.15, -0.1) is 0 Å². The van der Waals surface area contributed by atoms with Crippen molar-refractivity contribution in [2.75, 3.05) is 12.3 Å². The van der Waals surface area contributed by atoms with Crippen molar-refractivity contribution in [3.8, 4) is 0 Å². The standard InChI is InChI=1S/C10H11BrF2N2O2/c1-2-17-7(16)3-5-6(9(12)13)4-15-10(14)8(5)11/h4,9H,2-3H2,1H3,(H2,14,15). The van der Waals surface area contributed by atoms with Crippen molar-refractivity contribution in [1.29, 1.82) is 0 Å². The first-order valence-corrected chi connectivity index (χ1v) is 5.63. The first-order valence-electron chi connectivity index (χ1n) is 4.83. The van der Waals surface area contributed by atoms with Crippen LogP contribution in [0.1, 0.15) is 24.5 Å². The maximum Gasteiger partial charge on any atom is 0.310 e. The molecule has 1 aromatic heterocycles. The van der Waals surface area contributed by atoms with Crippen molar-refractivity contribution in [3.05, 3.63) is 21.8 Å². The fourth-order valence-corrected chi connectivity index (χ4v) is 1.75. The molecule has 2 N–H and O–H groups in total. The highest BCUT2D eigenvalue weighted by Crippen LogP contribution is 2.31. The van der Waals surface area contributed by atoms with Crippen LogP contribution in [0.15, 0.2) is 10.7 Å². The third kappa shape index (κ3) is 3.36. The number of nitrogens with two attached hydrogens (primary N) is 1. The molecule has 1 aromatic rings. The van der Waals surface area contributed by atoms with Crippen LogP contribution in [-0.2, 0) is 16.0 Å². The predicted molar refractivity (Wildman–Crippen MR) is 61.6 cm³/mol. The number of aromatic nitrogens is 1. The smallest absolute Gasteiger partial charge is 0.310 e. The van der Waals surface area contributed by atoms with E-state index in [1.54, 1.807) is 6.92 Å². The number of halogens is 3. The summed E-state index contributed by atoms with van der Waals surface area (Å²) >= 11 is 3.05. The van der Waals surface area contributed by atoms with Crippen molar-refractivity contribution >= 4 is 27.7 Å². The number of hydrogen-bond donors (Lipinski definition) is 1. The molecule has 0 aliphatic carbocycles. The summed E-state index contributed by atoms with van der Waals surface area (Å²) in [7, 11) is 0. The molecule has 0 bridgehead atoms.